The fourth-order valence-corrected chi connectivity index (χ4v) is 1.59. The van der Waals surface area contributed by atoms with Crippen LogP contribution in [-0.4, -0.2) is 24.3 Å². The molecule has 0 bridgehead atoms. The van der Waals surface area contributed by atoms with Gasteiger partial charge in [0.1, 0.15) is 0 Å². The molecular formula is C8H12N2O2. The van der Waals surface area contributed by atoms with Gasteiger partial charge in [-0.05, 0) is 12.8 Å². The van der Waals surface area contributed by atoms with Gasteiger partial charge in [0.25, 0.3) is 0 Å². The molecule has 66 valence electrons. The number of rotatable bonds is 2. The van der Waals surface area contributed by atoms with Gasteiger partial charge in [-0.1, -0.05) is 0 Å². The molecule has 1 saturated heterocycles. The summed E-state index contributed by atoms with van der Waals surface area (Å²) < 4.78 is 5.43. The molecule has 1 unspecified atom stereocenters. The third-order valence-electron chi connectivity index (χ3n) is 2.19. The van der Waals surface area contributed by atoms with E-state index < -0.39 is 0 Å². The van der Waals surface area contributed by atoms with Gasteiger partial charge in [-0.15, -0.1) is 0 Å². The summed E-state index contributed by atoms with van der Waals surface area (Å²) in [7, 11) is 0. The average Bonchev–Trinajstić information content (AvgIpc) is 2.63. The molecule has 2 aliphatic rings. The van der Waals surface area contributed by atoms with Crippen LogP contribution in [0.2, 0.25) is 0 Å². The van der Waals surface area contributed by atoms with Crippen LogP contribution in [0.5, 0.6) is 0 Å². The highest BCUT2D eigenvalue weighted by Crippen LogP contribution is 2.17. The van der Waals surface area contributed by atoms with Crippen molar-refractivity contribution in [2.45, 2.75) is 31.8 Å². The Balaban J connectivity index is 1.82. The zero-order valence-corrected chi connectivity index (χ0v) is 6.88. The summed E-state index contributed by atoms with van der Waals surface area (Å²) in [5.41, 5.74) is 3.37. The fourth-order valence-electron chi connectivity index (χ4n) is 1.59. The zero-order chi connectivity index (χ0) is 8.39. The van der Waals surface area contributed by atoms with Crippen LogP contribution >= 0.6 is 0 Å². The molecule has 0 saturated carbocycles. The summed E-state index contributed by atoms with van der Waals surface area (Å²) >= 11 is 0. The molecule has 0 aromatic carbocycles. The van der Waals surface area contributed by atoms with Crippen molar-refractivity contribution in [3.63, 3.8) is 0 Å². The largest absolute Gasteiger partial charge is 0.378 e. The Morgan fingerprint density at radius 3 is 3.17 bits per heavy atom. The van der Waals surface area contributed by atoms with Crippen LogP contribution in [0, 0.1) is 0 Å². The van der Waals surface area contributed by atoms with E-state index in [4.69, 9.17) is 4.74 Å². The van der Waals surface area contributed by atoms with E-state index >= 15 is 0 Å². The van der Waals surface area contributed by atoms with E-state index in [9.17, 15) is 4.79 Å². The lowest BCUT2D eigenvalue weighted by atomic mass is 10.1. The minimum absolute atomic E-state index is 0.00277. The van der Waals surface area contributed by atoms with E-state index in [0.717, 1.165) is 31.6 Å². The number of hydrogen-bond donors (Lipinski definition) is 1. The van der Waals surface area contributed by atoms with Gasteiger partial charge in [0.2, 0.25) is 5.91 Å². The topological polar surface area (TPSA) is 50.7 Å². The molecule has 0 aromatic rings. The van der Waals surface area contributed by atoms with E-state index in [2.05, 4.69) is 10.5 Å². The average molecular weight is 168 g/mol. The van der Waals surface area contributed by atoms with E-state index in [1.807, 2.05) is 0 Å². The van der Waals surface area contributed by atoms with Crippen LogP contribution in [-0.2, 0) is 9.53 Å². The highest BCUT2D eigenvalue weighted by molar-refractivity contribution is 6.05. The maximum Gasteiger partial charge on any atom is 0.245 e. The van der Waals surface area contributed by atoms with Gasteiger partial charge in [-0.25, -0.2) is 5.43 Å². The van der Waals surface area contributed by atoms with E-state index in [0.29, 0.717) is 12.5 Å². The van der Waals surface area contributed by atoms with Crippen molar-refractivity contribution in [1.82, 2.24) is 5.43 Å². The molecule has 1 fully saturated rings. The van der Waals surface area contributed by atoms with Crippen molar-refractivity contribution >= 4 is 11.6 Å². The number of hydrazone groups is 1. The van der Waals surface area contributed by atoms with E-state index in [1.165, 1.54) is 0 Å². The molecule has 0 aromatic heterocycles. The second kappa shape index (κ2) is 3.23. The van der Waals surface area contributed by atoms with Gasteiger partial charge in [0.15, 0.2) is 0 Å². The van der Waals surface area contributed by atoms with Gasteiger partial charge in [-0.2, -0.15) is 5.10 Å². The molecule has 1 amide bonds. The van der Waals surface area contributed by atoms with E-state index in [-0.39, 0.29) is 5.91 Å². The van der Waals surface area contributed by atoms with Crippen molar-refractivity contribution in [3.05, 3.63) is 0 Å². The number of nitrogens with one attached hydrogen (secondary N) is 1. The Hall–Kier alpha value is -0.900. The standard InChI is InChI=1S/C8H12N2O2/c11-8-5-6(9-10-8)4-7-2-1-3-12-7/h7H,1-5H2,(H,10,11). The first-order chi connectivity index (χ1) is 5.84. The molecule has 12 heavy (non-hydrogen) atoms. The third kappa shape index (κ3) is 1.64. The lowest BCUT2D eigenvalue weighted by molar-refractivity contribution is -0.119. The van der Waals surface area contributed by atoms with Crippen LogP contribution < -0.4 is 5.43 Å². The van der Waals surface area contributed by atoms with Crippen LogP contribution in [0.15, 0.2) is 5.10 Å². The van der Waals surface area contributed by atoms with Crippen molar-refractivity contribution in [2.75, 3.05) is 6.61 Å². The molecule has 2 aliphatic heterocycles. The van der Waals surface area contributed by atoms with Gasteiger partial charge in [0.05, 0.1) is 18.2 Å². The highest BCUT2D eigenvalue weighted by atomic mass is 16.5. The molecule has 2 rings (SSSR count). The number of amides is 1. The zero-order valence-electron chi connectivity index (χ0n) is 6.88. The smallest absolute Gasteiger partial charge is 0.245 e. The van der Waals surface area contributed by atoms with Crippen LogP contribution in [0.3, 0.4) is 0 Å². The summed E-state index contributed by atoms with van der Waals surface area (Å²) in [4.78, 5) is 10.8. The number of carbonyl (C=O) groups excluding carboxylic acids is 1. The van der Waals surface area contributed by atoms with Gasteiger partial charge in [-0.3, -0.25) is 4.79 Å². The van der Waals surface area contributed by atoms with Crippen LogP contribution in [0.25, 0.3) is 0 Å². The number of hydrogen-bond acceptors (Lipinski definition) is 3. The lowest BCUT2D eigenvalue weighted by Crippen LogP contribution is -2.12. The number of carbonyl (C=O) groups is 1. The molecule has 0 aliphatic carbocycles. The SMILES string of the molecule is O=C1CC(CC2CCCO2)=NN1. The number of ether oxygens (including phenoxy) is 1. The minimum atomic E-state index is 0.00277. The summed E-state index contributed by atoms with van der Waals surface area (Å²) in [5.74, 6) is 0.00277. The van der Waals surface area contributed by atoms with E-state index in [1.54, 1.807) is 0 Å². The fraction of sp³-hybridized carbons (Fsp3) is 0.750. The molecular weight excluding hydrogens is 156 g/mol. The summed E-state index contributed by atoms with van der Waals surface area (Å²) in [5, 5.41) is 3.92. The first-order valence-electron chi connectivity index (χ1n) is 4.30. The summed E-state index contributed by atoms with van der Waals surface area (Å²) in [6.07, 6.45) is 3.82. The molecule has 0 radical (unpaired) electrons. The summed E-state index contributed by atoms with van der Waals surface area (Å²) in [6, 6.07) is 0. The molecule has 2 heterocycles. The maximum absolute atomic E-state index is 10.8. The van der Waals surface area contributed by atoms with Crippen molar-refractivity contribution in [3.8, 4) is 0 Å². The third-order valence-corrected chi connectivity index (χ3v) is 2.19. The molecule has 0 spiro atoms. The molecule has 4 nitrogen and oxygen atoms in total. The predicted octanol–water partition coefficient (Wildman–Crippen LogP) is 0.431. The monoisotopic (exact) mass is 168 g/mol. The second-order valence-electron chi connectivity index (χ2n) is 3.23. The molecule has 1 N–H and O–H groups in total. The lowest BCUT2D eigenvalue weighted by Gasteiger charge is -2.06. The first-order valence-corrected chi connectivity index (χ1v) is 4.30. The van der Waals surface area contributed by atoms with Gasteiger partial charge < -0.3 is 4.74 Å². The van der Waals surface area contributed by atoms with Crippen molar-refractivity contribution in [1.29, 1.82) is 0 Å². The normalized spacial score (nSPS) is 28.8. The maximum atomic E-state index is 10.8. The van der Waals surface area contributed by atoms with Crippen LogP contribution in [0.4, 0.5) is 0 Å². The van der Waals surface area contributed by atoms with Crippen molar-refractivity contribution in [2.24, 2.45) is 5.10 Å². The molecule has 4 heteroatoms. The summed E-state index contributed by atoms with van der Waals surface area (Å²) in [6.45, 7) is 0.860. The molecule has 1 atom stereocenters. The van der Waals surface area contributed by atoms with Crippen molar-refractivity contribution < 1.29 is 9.53 Å². The van der Waals surface area contributed by atoms with Gasteiger partial charge in [0, 0.05) is 13.0 Å². The predicted molar refractivity (Wildman–Crippen MR) is 43.8 cm³/mol. The Morgan fingerprint density at radius 1 is 1.67 bits per heavy atom. The first kappa shape index (κ1) is 7.73. The Morgan fingerprint density at radius 2 is 2.58 bits per heavy atom. The Bertz CT molecular complexity index is 219. The second-order valence-corrected chi connectivity index (χ2v) is 3.23. The quantitative estimate of drug-likeness (QED) is 0.650. The van der Waals surface area contributed by atoms with Crippen LogP contribution in [0.1, 0.15) is 25.7 Å². The number of nitrogens with zero attached hydrogens (tertiary/aromatic N) is 1. The Labute approximate surface area is 71.0 Å². The minimum Gasteiger partial charge on any atom is -0.378 e. The highest BCUT2D eigenvalue weighted by Gasteiger charge is 2.21. The van der Waals surface area contributed by atoms with Gasteiger partial charge >= 0.3 is 0 Å². The Kier molecular flexibility index (Phi) is 2.08.